The van der Waals surface area contributed by atoms with E-state index in [9.17, 15) is 13.2 Å². The third kappa shape index (κ3) is 7.70. The zero-order valence-corrected chi connectivity index (χ0v) is 24.7. The summed E-state index contributed by atoms with van der Waals surface area (Å²) in [5.41, 5.74) is 3.43. The molecule has 0 spiro atoms. The van der Waals surface area contributed by atoms with Gasteiger partial charge in [0.05, 0.1) is 35.8 Å². The number of ether oxygens (including phenoxy) is 2. The lowest BCUT2D eigenvalue weighted by Crippen LogP contribution is -2.53. The van der Waals surface area contributed by atoms with Crippen LogP contribution in [0.3, 0.4) is 0 Å². The lowest BCUT2D eigenvalue weighted by atomic mass is 10.2. The van der Waals surface area contributed by atoms with Gasteiger partial charge < -0.3 is 14.4 Å². The number of carbonyl (C=O) groups is 1. The van der Waals surface area contributed by atoms with Crippen molar-refractivity contribution in [2.45, 2.75) is 25.4 Å². The molecule has 0 saturated carbocycles. The van der Waals surface area contributed by atoms with E-state index in [0.717, 1.165) is 40.4 Å². The number of amides is 1. The molecular weight excluding hydrogens is 568 g/mol. The standard InChI is InChI=1S/C27H36N6O6S2/c1-41(36,37)33-12-10-31(11-13-33)18-22-19-32(14-16-39-22)27-25-23(9-17-40-25)28-26(29-27)20-5-7-21(8-6-20)38-15-3-2-4-24(34)30-35/h5-9,17,22,35H,2-4,10-16,18-19H2,1H3,(H,30,34). The van der Waals surface area contributed by atoms with Crippen molar-refractivity contribution in [1.29, 1.82) is 0 Å². The van der Waals surface area contributed by atoms with Gasteiger partial charge in [0.15, 0.2) is 11.6 Å². The molecule has 0 bridgehead atoms. The number of sulfonamides is 1. The number of hydrogen-bond acceptors (Lipinski definition) is 11. The van der Waals surface area contributed by atoms with Gasteiger partial charge in [0, 0.05) is 57.8 Å². The highest BCUT2D eigenvalue weighted by Gasteiger charge is 2.29. The number of nitrogens with zero attached hydrogens (tertiary/aromatic N) is 5. The summed E-state index contributed by atoms with van der Waals surface area (Å²) in [5, 5.41) is 10.6. The zero-order chi connectivity index (χ0) is 28.8. The van der Waals surface area contributed by atoms with Crippen molar-refractivity contribution in [3.63, 3.8) is 0 Å². The molecular formula is C27H36N6O6S2. The predicted octanol–water partition coefficient (Wildman–Crippen LogP) is 2.20. The van der Waals surface area contributed by atoms with Gasteiger partial charge in [0.25, 0.3) is 0 Å². The van der Waals surface area contributed by atoms with E-state index in [1.807, 2.05) is 35.7 Å². The number of morpholine rings is 1. The van der Waals surface area contributed by atoms with Crippen LogP contribution >= 0.6 is 11.3 Å². The van der Waals surface area contributed by atoms with Crippen LogP contribution in [0.4, 0.5) is 5.82 Å². The first-order valence-corrected chi connectivity index (χ1v) is 16.5. The molecule has 5 rings (SSSR count). The molecule has 2 aliphatic rings. The minimum Gasteiger partial charge on any atom is -0.494 e. The van der Waals surface area contributed by atoms with Gasteiger partial charge in [-0.05, 0) is 48.6 Å². The van der Waals surface area contributed by atoms with Crippen LogP contribution in [0.5, 0.6) is 5.75 Å². The number of fused-ring (bicyclic) bond motifs is 1. The summed E-state index contributed by atoms with van der Waals surface area (Å²) in [6.07, 6.45) is 2.85. The van der Waals surface area contributed by atoms with Crippen LogP contribution in [-0.4, -0.2) is 110 Å². The Morgan fingerprint density at radius 3 is 2.63 bits per heavy atom. The first kappa shape index (κ1) is 29.6. The molecule has 2 aromatic heterocycles. The Hall–Kier alpha value is -2.88. The normalized spacial score (nSPS) is 19.0. The summed E-state index contributed by atoms with van der Waals surface area (Å²) in [6.45, 7) is 5.65. The number of carbonyl (C=O) groups excluding carboxylic acids is 1. The van der Waals surface area contributed by atoms with E-state index in [-0.39, 0.29) is 12.5 Å². The van der Waals surface area contributed by atoms with E-state index in [1.54, 1.807) is 16.8 Å². The second kappa shape index (κ2) is 13.4. The van der Waals surface area contributed by atoms with Crippen LogP contribution in [0.15, 0.2) is 35.7 Å². The highest BCUT2D eigenvalue weighted by atomic mass is 32.2. The maximum atomic E-state index is 11.8. The topological polar surface area (TPSA) is 137 Å². The van der Waals surface area contributed by atoms with Crippen molar-refractivity contribution in [1.82, 2.24) is 24.7 Å². The maximum Gasteiger partial charge on any atom is 0.243 e. The highest BCUT2D eigenvalue weighted by Crippen LogP contribution is 2.33. The van der Waals surface area contributed by atoms with Crippen molar-refractivity contribution in [3.8, 4) is 17.1 Å². The van der Waals surface area contributed by atoms with E-state index in [2.05, 4.69) is 9.80 Å². The molecule has 2 N–H and O–H groups in total. The van der Waals surface area contributed by atoms with Crippen molar-refractivity contribution in [3.05, 3.63) is 35.7 Å². The largest absolute Gasteiger partial charge is 0.494 e. The van der Waals surface area contributed by atoms with E-state index in [0.29, 0.717) is 64.6 Å². The van der Waals surface area contributed by atoms with Gasteiger partial charge in [-0.25, -0.2) is 23.9 Å². The molecule has 12 nitrogen and oxygen atoms in total. The molecule has 1 unspecified atom stereocenters. The molecule has 0 aliphatic carbocycles. The summed E-state index contributed by atoms with van der Waals surface area (Å²) in [6, 6.07) is 9.70. The number of hydroxylamine groups is 1. The summed E-state index contributed by atoms with van der Waals surface area (Å²) in [4.78, 5) is 25.5. The van der Waals surface area contributed by atoms with Gasteiger partial charge >= 0.3 is 0 Å². The second-order valence-corrected chi connectivity index (χ2v) is 13.2. The van der Waals surface area contributed by atoms with Gasteiger partial charge in [-0.15, -0.1) is 11.3 Å². The Bertz CT molecular complexity index is 1430. The fourth-order valence-corrected chi connectivity index (χ4v) is 6.75. The van der Waals surface area contributed by atoms with Gasteiger partial charge in [-0.3, -0.25) is 14.9 Å². The molecule has 14 heteroatoms. The average Bonchev–Trinajstić information content (AvgIpc) is 3.45. The molecule has 1 amide bonds. The van der Waals surface area contributed by atoms with Crippen LogP contribution in [0.2, 0.25) is 0 Å². The Balaban J connectivity index is 1.22. The quantitative estimate of drug-likeness (QED) is 0.190. The van der Waals surface area contributed by atoms with Gasteiger partial charge in [0.1, 0.15) is 5.75 Å². The Morgan fingerprint density at radius 1 is 1.12 bits per heavy atom. The summed E-state index contributed by atoms with van der Waals surface area (Å²) >= 11 is 1.63. The third-order valence-electron chi connectivity index (χ3n) is 7.29. The van der Waals surface area contributed by atoms with Crippen molar-refractivity contribution >= 4 is 43.3 Å². The highest BCUT2D eigenvalue weighted by molar-refractivity contribution is 7.88. The summed E-state index contributed by atoms with van der Waals surface area (Å²) in [7, 11) is -3.15. The lowest BCUT2D eigenvalue weighted by molar-refractivity contribution is -0.129. The molecule has 2 aliphatic heterocycles. The zero-order valence-electron chi connectivity index (χ0n) is 23.1. The number of hydrogen-bond donors (Lipinski definition) is 2. The summed E-state index contributed by atoms with van der Waals surface area (Å²) in [5.74, 6) is 1.88. The minimum atomic E-state index is -3.15. The number of aromatic nitrogens is 2. The molecule has 4 heterocycles. The van der Waals surface area contributed by atoms with Gasteiger partial charge in [0.2, 0.25) is 15.9 Å². The molecule has 1 aromatic carbocycles. The van der Waals surface area contributed by atoms with Gasteiger partial charge in [-0.2, -0.15) is 4.31 Å². The number of anilines is 1. The molecule has 222 valence electrons. The molecule has 0 radical (unpaired) electrons. The number of rotatable bonds is 11. The number of benzene rings is 1. The maximum absolute atomic E-state index is 11.8. The van der Waals surface area contributed by atoms with Crippen LogP contribution < -0.4 is 15.1 Å². The Morgan fingerprint density at radius 2 is 1.90 bits per heavy atom. The van der Waals surface area contributed by atoms with Crippen LogP contribution in [0.25, 0.3) is 21.6 Å². The minimum absolute atomic E-state index is 0.00332. The third-order valence-corrected chi connectivity index (χ3v) is 9.49. The molecule has 41 heavy (non-hydrogen) atoms. The molecule has 3 aromatic rings. The molecule has 1 atom stereocenters. The van der Waals surface area contributed by atoms with E-state index >= 15 is 0 Å². The first-order chi connectivity index (χ1) is 19.8. The fourth-order valence-electron chi connectivity index (χ4n) is 5.08. The van der Waals surface area contributed by atoms with Crippen molar-refractivity contribution < 1.29 is 27.9 Å². The number of unbranched alkanes of at least 4 members (excludes halogenated alkanes) is 1. The van der Waals surface area contributed by atoms with E-state index in [4.69, 9.17) is 24.6 Å². The summed E-state index contributed by atoms with van der Waals surface area (Å²) < 4.78 is 38.2. The number of piperazine rings is 1. The smallest absolute Gasteiger partial charge is 0.243 e. The van der Waals surface area contributed by atoms with Crippen molar-refractivity contribution in [2.24, 2.45) is 0 Å². The average molecular weight is 605 g/mol. The first-order valence-electron chi connectivity index (χ1n) is 13.8. The van der Waals surface area contributed by atoms with Crippen LogP contribution in [-0.2, 0) is 19.6 Å². The fraction of sp³-hybridized carbons (Fsp3) is 0.519. The number of nitrogens with one attached hydrogen (secondary N) is 1. The van der Waals surface area contributed by atoms with E-state index < -0.39 is 15.9 Å². The molecule has 2 saturated heterocycles. The van der Waals surface area contributed by atoms with Crippen LogP contribution in [0.1, 0.15) is 19.3 Å². The van der Waals surface area contributed by atoms with Crippen LogP contribution in [0, 0.1) is 0 Å². The Labute approximate surface area is 243 Å². The van der Waals surface area contributed by atoms with Gasteiger partial charge in [-0.1, -0.05) is 0 Å². The second-order valence-electron chi connectivity index (χ2n) is 10.3. The predicted molar refractivity (Wildman–Crippen MR) is 157 cm³/mol. The SMILES string of the molecule is CS(=O)(=O)N1CCN(CC2CN(c3nc(-c4ccc(OCCCCC(=O)NO)cc4)nc4ccsc34)CCO2)CC1. The monoisotopic (exact) mass is 604 g/mol. The number of thiophene rings is 1. The van der Waals surface area contributed by atoms with E-state index in [1.165, 1.54) is 10.6 Å². The van der Waals surface area contributed by atoms with Crippen molar-refractivity contribution in [2.75, 3.05) is 70.2 Å². The Kier molecular flexibility index (Phi) is 9.68. The lowest BCUT2D eigenvalue weighted by Gasteiger charge is -2.39. The molecule has 2 fully saturated rings.